The molecule has 0 aliphatic rings. The van der Waals surface area contributed by atoms with Crippen molar-refractivity contribution in [2.24, 2.45) is 5.92 Å². The van der Waals surface area contributed by atoms with Crippen LogP contribution in [0.3, 0.4) is 0 Å². The average Bonchev–Trinajstić information content (AvgIpc) is 2.53. The average molecular weight is 400 g/mol. The maximum absolute atomic E-state index is 11.7. The van der Waals surface area contributed by atoms with Crippen LogP contribution >= 0.6 is 15.9 Å². The molecule has 1 atom stereocenters. The van der Waals surface area contributed by atoms with Gasteiger partial charge in [-0.15, -0.1) is 0 Å². The van der Waals surface area contributed by atoms with E-state index in [9.17, 15) is 14.7 Å². The van der Waals surface area contributed by atoms with Crippen LogP contribution in [0.25, 0.3) is 6.08 Å². The molecule has 0 saturated heterocycles. The fourth-order valence-electron chi connectivity index (χ4n) is 1.66. The maximum atomic E-state index is 11.7. The van der Waals surface area contributed by atoms with Crippen LogP contribution in [-0.2, 0) is 14.3 Å². The zero-order valence-corrected chi connectivity index (χ0v) is 15.7. The van der Waals surface area contributed by atoms with Crippen LogP contribution in [-0.4, -0.2) is 36.7 Å². The summed E-state index contributed by atoms with van der Waals surface area (Å²) in [6.07, 6.45) is 2.71. The third-order valence-electron chi connectivity index (χ3n) is 3.42. The number of carbonyl (C=O) groups is 2. The number of halogens is 1. The highest BCUT2D eigenvalue weighted by Gasteiger charge is 2.12. The van der Waals surface area contributed by atoms with Crippen molar-refractivity contribution in [2.75, 3.05) is 13.7 Å². The minimum atomic E-state index is -0.634. The fraction of sp³-hybridized carbons (Fsp3) is 0.412. The van der Waals surface area contributed by atoms with Gasteiger partial charge in [-0.05, 0) is 52.5 Å². The number of methoxy groups -OCH3 is 1. The van der Waals surface area contributed by atoms with Gasteiger partial charge in [-0.3, -0.25) is 4.79 Å². The Morgan fingerprint density at radius 3 is 2.58 bits per heavy atom. The number of nitrogens with one attached hydrogen (secondary N) is 1. The second-order valence-corrected chi connectivity index (χ2v) is 6.45. The Bertz CT molecular complexity index is 628. The van der Waals surface area contributed by atoms with Crippen molar-refractivity contribution in [3.8, 4) is 11.5 Å². The van der Waals surface area contributed by atoms with Gasteiger partial charge in [0.1, 0.15) is 0 Å². The molecule has 1 amide bonds. The zero-order chi connectivity index (χ0) is 18.3. The van der Waals surface area contributed by atoms with E-state index in [1.54, 1.807) is 12.1 Å². The van der Waals surface area contributed by atoms with E-state index in [1.165, 1.54) is 19.3 Å². The largest absolute Gasteiger partial charge is 0.503 e. The van der Waals surface area contributed by atoms with Gasteiger partial charge < -0.3 is 19.9 Å². The van der Waals surface area contributed by atoms with Crippen molar-refractivity contribution in [3.05, 3.63) is 28.2 Å². The Labute approximate surface area is 150 Å². The number of hydrogen-bond acceptors (Lipinski definition) is 5. The lowest BCUT2D eigenvalue weighted by Gasteiger charge is -2.16. The van der Waals surface area contributed by atoms with E-state index < -0.39 is 5.97 Å². The summed E-state index contributed by atoms with van der Waals surface area (Å²) in [5.41, 5.74) is 0.631. The minimum absolute atomic E-state index is 0.00792. The van der Waals surface area contributed by atoms with Crippen LogP contribution < -0.4 is 10.1 Å². The molecule has 0 fully saturated rings. The number of benzene rings is 1. The minimum Gasteiger partial charge on any atom is -0.503 e. The van der Waals surface area contributed by atoms with Crippen molar-refractivity contribution in [1.82, 2.24) is 5.32 Å². The standard InChI is InChI=1S/C17H22BrNO5/c1-10(2)11(3)19-15(20)9-24-16(21)6-5-12-7-13(18)17(22)14(8-12)23-4/h5-8,10-11,22H,9H2,1-4H3,(H,19,20)/b6-5+/t11-/m1/s1. The first-order chi connectivity index (χ1) is 11.2. The van der Waals surface area contributed by atoms with Crippen LogP contribution in [0.15, 0.2) is 22.7 Å². The van der Waals surface area contributed by atoms with E-state index in [0.29, 0.717) is 16.0 Å². The van der Waals surface area contributed by atoms with Crippen LogP contribution in [0, 0.1) is 5.92 Å². The molecule has 1 aromatic carbocycles. The van der Waals surface area contributed by atoms with E-state index in [-0.39, 0.29) is 30.1 Å². The summed E-state index contributed by atoms with van der Waals surface area (Å²) in [4.78, 5) is 23.3. The van der Waals surface area contributed by atoms with Crippen LogP contribution in [0.4, 0.5) is 0 Å². The van der Waals surface area contributed by atoms with Gasteiger partial charge >= 0.3 is 5.97 Å². The number of ether oxygens (including phenoxy) is 2. The van der Waals surface area contributed by atoms with E-state index in [2.05, 4.69) is 21.2 Å². The molecule has 2 N–H and O–H groups in total. The van der Waals surface area contributed by atoms with Gasteiger partial charge in [0.05, 0.1) is 11.6 Å². The summed E-state index contributed by atoms with van der Waals surface area (Å²) in [7, 11) is 1.43. The van der Waals surface area contributed by atoms with Crippen molar-refractivity contribution in [1.29, 1.82) is 0 Å². The molecular formula is C17H22BrNO5. The number of phenols is 1. The lowest BCUT2D eigenvalue weighted by molar-refractivity contribution is -0.144. The summed E-state index contributed by atoms with van der Waals surface area (Å²) >= 11 is 3.20. The molecule has 0 aliphatic heterocycles. The Kier molecular flexibility index (Phi) is 7.78. The molecule has 7 heteroatoms. The molecule has 0 spiro atoms. The number of esters is 1. The summed E-state index contributed by atoms with van der Waals surface area (Å²) in [6, 6.07) is 3.20. The predicted molar refractivity (Wildman–Crippen MR) is 94.8 cm³/mol. The van der Waals surface area contributed by atoms with Crippen LogP contribution in [0.1, 0.15) is 26.3 Å². The van der Waals surface area contributed by atoms with Gasteiger partial charge in [0, 0.05) is 12.1 Å². The van der Waals surface area contributed by atoms with Crippen molar-refractivity contribution in [3.63, 3.8) is 0 Å². The summed E-state index contributed by atoms with van der Waals surface area (Å²) in [6.45, 7) is 5.54. The highest BCUT2D eigenvalue weighted by atomic mass is 79.9. The summed E-state index contributed by atoms with van der Waals surface area (Å²) in [5.74, 6) is -0.419. The second kappa shape index (κ2) is 9.32. The van der Waals surface area contributed by atoms with Gasteiger partial charge in [0.25, 0.3) is 5.91 Å². The van der Waals surface area contributed by atoms with Gasteiger partial charge in [-0.25, -0.2) is 4.79 Å². The number of hydrogen-bond donors (Lipinski definition) is 2. The number of phenolic OH excluding ortho intramolecular Hbond substituents is 1. The summed E-state index contributed by atoms with van der Waals surface area (Å²) < 4.78 is 10.4. The van der Waals surface area contributed by atoms with Gasteiger partial charge in [0.2, 0.25) is 0 Å². The maximum Gasteiger partial charge on any atom is 0.331 e. The van der Waals surface area contributed by atoms with Crippen molar-refractivity contribution in [2.45, 2.75) is 26.8 Å². The first kappa shape index (κ1) is 20.0. The molecule has 24 heavy (non-hydrogen) atoms. The normalized spacial score (nSPS) is 12.2. The highest BCUT2D eigenvalue weighted by Crippen LogP contribution is 2.35. The Balaban J connectivity index is 2.58. The van der Waals surface area contributed by atoms with E-state index in [1.807, 2.05) is 20.8 Å². The number of carbonyl (C=O) groups excluding carboxylic acids is 2. The molecule has 0 bridgehead atoms. The SMILES string of the molecule is COc1cc(/C=C/C(=O)OCC(=O)N[C@H](C)C(C)C)cc(Br)c1O. The molecule has 132 valence electrons. The predicted octanol–water partition coefficient (Wildman–Crippen LogP) is 2.88. The van der Waals surface area contributed by atoms with E-state index in [4.69, 9.17) is 9.47 Å². The molecule has 0 radical (unpaired) electrons. The lowest BCUT2D eigenvalue weighted by Crippen LogP contribution is -2.38. The number of aromatic hydroxyl groups is 1. The first-order valence-electron chi connectivity index (χ1n) is 7.45. The molecule has 0 aromatic heterocycles. The van der Waals surface area contributed by atoms with E-state index in [0.717, 1.165) is 0 Å². The van der Waals surface area contributed by atoms with Gasteiger partial charge in [-0.2, -0.15) is 0 Å². The Morgan fingerprint density at radius 1 is 1.33 bits per heavy atom. The topological polar surface area (TPSA) is 84.9 Å². The summed E-state index contributed by atoms with van der Waals surface area (Å²) in [5, 5.41) is 12.5. The molecule has 0 aliphatic carbocycles. The quantitative estimate of drug-likeness (QED) is 0.543. The Morgan fingerprint density at radius 2 is 2.00 bits per heavy atom. The smallest absolute Gasteiger partial charge is 0.331 e. The molecule has 0 saturated carbocycles. The lowest BCUT2D eigenvalue weighted by atomic mass is 10.1. The molecule has 0 heterocycles. The zero-order valence-electron chi connectivity index (χ0n) is 14.1. The Hall–Kier alpha value is -2.02. The third kappa shape index (κ3) is 6.23. The van der Waals surface area contributed by atoms with Gasteiger partial charge in [0.15, 0.2) is 18.1 Å². The second-order valence-electron chi connectivity index (χ2n) is 5.59. The molecular weight excluding hydrogens is 378 g/mol. The van der Waals surface area contributed by atoms with Crippen LogP contribution in [0.5, 0.6) is 11.5 Å². The molecule has 1 rings (SSSR count). The number of amides is 1. The van der Waals surface area contributed by atoms with Crippen molar-refractivity contribution >= 4 is 33.9 Å². The first-order valence-corrected chi connectivity index (χ1v) is 8.24. The highest BCUT2D eigenvalue weighted by molar-refractivity contribution is 9.10. The van der Waals surface area contributed by atoms with Crippen LogP contribution in [0.2, 0.25) is 0 Å². The third-order valence-corrected chi connectivity index (χ3v) is 4.02. The van der Waals surface area contributed by atoms with E-state index >= 15 is 0 Å². The van der Waals surface area contributed by atoms with Gasteiger partial charge in [-0.1, -0.05) is 13.8 Å². The molecule has 0 unspecified atom stereocenters. The van der Waals surface area contributed by atoms with Crippen molar-refractivity contribution < 1.29 is 24.2 Å². The number of rotatable bonds is 7. The molecule has 6 nitrogen and oxygen atoms in total. The molecule has 1 aromatic rings. The monoisotopic (exact) mass is 399 g/mol. The fourth-order valence-corrected chi connectivity index (χ4v) is 2.12.